The Labute approximate surface area is 181 Å². The molecule has 0 aromatic rings. The van der Waals surface area contributed by atoms with Gasteiger partial charge in [-0.15, -0.1) is 0 Å². The van der Waals surface area contributed by atoms with Crippen LogP contribution in [0.4, 0.5) is 0 Å². The first-order chi connectivity index (χ1) is 13.3. The highest BCUT2D eigenvalue weighted by Gasteiger charge is 2.21. The van der Waals surface area contributed by atoms with Crippen LogP contribution in [0.1, 0.15) is 61.3 Å². The Morgan fingerprint density at radius 2 is 1.41 bits per heavy atom. The Kier molecular flexibility index (Phi) is 13.2. The molecule has 0 saturated heterocycles. The predicted octanol–water partition coefficient (Wildman–Crippen LogP) is 1.92. The van der Waals surface area contributed by atoms with Crippen LogP contribution in [-0.2, 0) is 14.4 Å². The van der Waals surface area contributed by atoms with Gasteiger partial charge in [0, 0.05) is 44.8 Å². The van der Waals surface area contributed by atoms with E-state index in [9.17, 15) is 14.4 Å². The second kappa shape index (κ2) is 13.9. The minimum atomic E-state index is -0.522. The molecule has 0 saturated carbocycles. The van der Waals surface area contributed by atoms with Crippen molar-refractivity contribution in [1.82, 2.24) is 21.3 Å². The average molecular weight is 431 g/mol. The lowest BCUT2D eigenvalue weighted by Crippen LogP contribution is -2.49. The first-order valence-corrected chi connectivity index (χ1v) is 11.6. The molecule has 0 radical (unpaired) electrons. The molecule has 29 heavy (non-hydrogen) atoms. The van der Waals surface area contributed by atoms with Crippen molar-refractivity contribution in [1.29, 1.82) is 0 Å². The van der Waals surface area contributed by atoms with E-state index in [2.05, 4.69) is 42.0 Å². The van der Waals surface area contributed by atoms with Gasteiger partial charge in [0.1, 0.15) is 6.04 Å². The van der Waals surface area contributed by atoms with E-state index in [1.54, 1.807) is 18.7 Å². The van der Waals surface area contributed by atoms with Crippen molar-refractivity contribution in [2.75, 3.05) is 37.7 Å². The molecule has 0 aliphatic carbocycles. The van der Waals surface area contributed by atoms with E-state index in [0.29, 0.717) is 44.8 Å². The summed E-state index contributed by atoms with van der Waals surface area (Å²) in [6, 6.07) is -0.522. The molecular formula is C21H42N4O3S. The van der Waals surface area contributed by atoms with Gasteiger partial charge < -0.3 is 21.3 Å². The van der Waals surface area contributed by atoms with Gasteiger partial charge in [0.15, 0.2) is 0 Å². The number of hydrogen-bond acceptors (Lipinski definition) is 5. The molecule has 4 N–H and O–H groups in total. The van der Waals surface area contributed by atoms with Gasteiger partial charge in [0.05, 0.1) is 0 Å². The normalized spacial score (nSPS) is 12.9. The molecule has 7 nitrogen and oxygen atoms in total. The van der Waals surface area contributed by atoms with Crippen LogP contribution in [0.15, 0.2) is 0 Å². The summed E-state index contributed by atoms with van der Waals surface area (Å²) in [6.45, 7) is 16.6. The van der Waals surface area contributed by atoms with E-state index in [4.69, 9.17) is 0 Å². The quantitative estimate of drug-likeness (QED) is 0.335. The van der Waals surface area contributed by atoms with Crippen LogP contribution in [-0.4, -0.2) is 61.4 Å². The molecule has 0 aromatic carbocycles. The minimum absolute atomic E-state index is 0.0172. The van der Waals surface area contributed by atoms with Crippen LogP contribution in [0, 0.1) is 10.8 Å². The molecule has 0 aliphatic rings. The maximum atomic E-state index is 12.4. The zero-order chi connectivity index (χ0) is 22.5. The maximum absolute atomic E-state index is 12.4. The second-order valence-electron chi connectivity index (χ2n) is 9.68. The summed E-state index contributed by atoms with van der Waals surface area (Å²) >= 11 is 1.67. The van der Waals surface area contributed by atoms with Crippen LogP contribution in [0.25, 0.3) is 0 Å². The fraction of sp³-hybridized carbons (Fsp3) is 0.857. The molecule has 8 heteroatoms. The summed E-state index contributed by atoms with van der Waals surface area (Å²) in [5, 5.41) is 11.8. The van der Waals surface area contributed by atoms with Crippen molar-refractivity contribution < 1.29 is 14.4 Å². The molecule has 0 heterocycles. The predicted molar refractivity (Wildman–Crippen MR) is 122 cm³/mol. The van der Waals surface area contributed by atoms with Crippen molar-refractivity contribution in [2.45, 2.75) is 67.3 Å². The number of rotatable bonds is 13. The maximum Gasteiger partial charge on any atom is 0.243 e. The fourth-order valence-electron chi connectivity index (χ4n) is 2.32. The number of carbonyl (C=O) groups is 3. The third-order valence-corrected chi connectivity index (χ3v) is 5.35. The molecule has 0 aliphatic heterocycles. The van der Waals surface area contributed by atoms with E-state index >= 15 is 0 Å². The molecule has 0 aromatic heterocycles. The lowest BCUT2D eigenvalue weighted by atomic mass is 9.92. The van der Waals surface area contributed by atoms with Crippen molar-refractivity contribution in [3.8, 4) is 0 Å². The molecule has 0 spiro atoms. The van der Waals surface area contributed by atoms with Gasteiger partial charge in [-0.1, -0.05) is 48.5 Å². The Balaban J connectivity index is 4.11. The third kappa shape index (κ3) is 17.3. The summed E-state index contributed by atoms with van der Waals surface area (Å²) in [5.74, 6) is 1.25. The SMILES string of the molecule is CCC(=O)NC(CSCC(C)(C)C)C(=O)NCCNCCNC(=O)CC(C)(C)C. The number of thioether (sulfide) groups is 1. The Morgan fingerprint density at radius 3 is 1.93 bits per heavy atom. The van der Waals surface area contributed by atoms with E-state index in [0.717, 1.165) is 5.75 Å². The Morgan fingerprint density at radius 1 is 0.828 bits per heavy atom. The number of nitrogens with one attached hydrogen (secondary N) is 4. The van der Waals surface area contributed by atoms with Gasteiger partial charge >= 0.3 is 0 Å². The zero-order valence-electron chi connectivity index (χ0n) is 19.4. The minimum Gasteiger partial charge on any atom is -0.355 e. The highest BCUT2D eigenvalue weighted by Crippen LogP contribution is 2.21. The van der Waals surface area contributed by atoms with Gasteiger partial charge in [-0.3, -0.25) is 14.4 Å². The topological polar surface area (TPSA) is 99.3 Å². The van der Waals surface area contributed by atoms with E-state index in [1.165, 1.54) is 0 Å². The fourth-order valence-corrected chi connectivity index (χ4v) is 3.52. The van der Waals surface area contributed by atoms with Gasteiger partial charge in [0.2, 0.25) is 17.7 Å². The summed E-state index contributed by atoms with van der Waals surface area (Å²) < 4.78 is 0. The van der Waals surface area contributed by atoms with Gasteiger partial charge in [-0.25, -0.2) is 0 Å². The molecule has 0 rings (SSSR count). The molecule has 1 unspecified atom stereocenters. The van der Waals surface area contributed by atoms with Crippen molar-refractivity contribution in [2.24, 2.45) is 10.8 Å². The smallest absolute Gasteiger partial charge is 0.243 e. The summed E-state index contributed by atoms with van der Waals surface area (Å²) in [6.07, 6.45) is 0.858. The van der Waals surface area contributed by atoms with Crippen molar-refractivity contribution in [3.63, 3.8) is 0 Å². The van der Waals surface area contributed by atoms with Crippen LogP contribution in [0.5, 0.6) is 0 Å². The second-order valence-corrected chi connectivity index (χ2v) is 10.7. The van der Waals surface area contributed by atoms with Crippen LogP contribution in [0.2, 0.25) is 0 Å². The molecule has 0 bridgehead atoms. The van der Waals surface area contributed by atoms with Crippen LogP contribution < -0.4 is 21.3 Å². The first-order valence-electron chi connectivity index (χ1n) is 10.5. The van der Waals surface area contributed by atoms with Gasteiger partial charge in [-0.2, -0.15) is 11.8 Å². The van der Waals surface area contributed by atoms with Gasteiger partial charge in [-0.05, 0) is 16.6 Å². The molecule has 3 amide bonds. The molecule has 1 atom stereocenters. The van der Waals surface area contributed by atoms with E-state index < -0.39 is 6.04 Å². The number of carbonyl (C=O) groups excluding carboxylic acids is 3. The largest absolute Gasteiger partial charge is 0.355 e. The number of amides is 3. The first kappa shape index (κ1) is 27.7. The summed E-state index contributed by atoms with van der Waals surface area (Å²) in [4.78, 5) is 35.9. The molecule has 170 valence electrons. The van der Waals surface area contributed by atoms with Crippen LogP contribution >= 0.6 is 11.8 Å². The standard InChI is InChI=1S/C21H42N4O3S/c1-8-17(26)25-16(14-29-15-21(5,6)7)19(28)24-12-10-22-9-11-23-18(27)13-20(2,3)4/h16,22H,8-15H2,1-7H3,(H,23,27)(H,24,28)(H,25,26). The van der Waals surface area contributed by atoms with E-state index in [-0.39, 0.29) is 28.6 Å². The Hall–Kier alpha value is -1.28. The Bertz CT molecular complexity index is 513. The van der Waals surface area contributed by atoms with E-state index in [1.807, 2.05) is 20.8 Å². The number of hydrogen-bond donors (Lipinski definition) is 4. The lowest BCUT2D eigenvalue weighted by Gasteiger charge is -2.21. The zero-order valence-corrected chi connectivity index (χ0v) is 20.2. The van der Waals surface area contributed by atoms with Crippen molar-refractivity contribution in [3.05, 3.63) is 0 Å². The average Bonchev–Trinajstić information content (AvgIpc) is 2.57. The lowest BCUT2D eigenvalue weighted by molar-refractivity contribution is -0.128. The summed E-state index contributed by atoms with van der Waals surface area (Å²) in [7, 11) is 0. The molecular weight excluding hydrogens is 388 g/mol. The third-order valence-electron chi connectivity index (χ3n) is 3.71. The highest BCUT2D eigenvalue weighted by atomic mass is 32.2. The van der Waals surface area contributed by atoms with Crippen LogP contribution in [0.3, 0.4) is 0 Å². The van der Waals surface area contributed by atoms with Gasteiger partial charge in [0.25, 0.3) is 0 Å². The molecule has 0 fully saturated rings. The highest BCUT2D eigenvalue weighted by molar-refractivity contribution is 7.99. The van der Waals surface area contributed by atoms with Crippen molar-refractivity contribution >= 4 is 29.5 Å². The monoisotopic (exact) mass is 430 g/mol. The summed E-state index contributed by atoms with van der Waals surface area (Å²) in [5.41, 5.74) is 0.156.